The van der Waals surface area contributed by atoms with E-state index in [0.717, 1.165) is 17.0 Å². The Kier molecular flexibility index (Phi) is 7.38. The number of esters is 1. The van der Waals surface area contributed by atoms with Gasteiger partial charge in [0.15, 0.2) is 0 Å². The van der Waals surface area contributed by atoms with Crippen molar-refractivity contribution in [1.82, 2.24) is 15.1 Å². The fourth-order valence-electron chi connectivity index (χ4n) is 3.32. The van der Waals surface area contributed by atoms with Crippen LogP contribution >= 0.6 is 0 Å². The van der Waals surface area contributed by atoms with Gasteiger partial charge in [0.2, 0.25) is 5.96 Å². The minimum atomic E-state index is -0.442. The molecule has 0 fully saturated rings. The van der Waals surface area contributed by atoms with Gasteiger partial charge in [-0.25, -0.2) is 4.79 Å². The highest BCUT2D eigenvalue weighted by Crippen LogP contribution is 2.14. The molecule has 3 aromatic rings. The zero-order valence-corrected chi connectivity index (χ0v) is 18.7. The van der Waals surface area contributed by atoms with Crippen molar-refractivity contribution in [2.45, 2.75) is 20.3 Å². The van der Waals surface area contributed by atoms with Crippen LogP contribution in [0.15, 0.2) is 59.6 Å². The largest absolute Gasteiger partial charge is 0.465 e. The van der Waals surface area contributed by atoms with Crippen LogP contribution in [0.2, 0.25) is 0 Å². The minimum absolute atomic E-state index is 0.283. The third-order valence-corrected chi connectivity index (χ3v) is 5.10. The number of aryl methyl sites for hydroxylation is 2. The lowest BCUT2D eigenvalue weighted by molar-refractivity contribution is 0.0600. The second-order valence-corrected chi connectivity index (χ2v) is 7.27. The maximum Gasteiger partial charge on any atom is 0.337 e. The highest BCUT2D eigenvalue weighted by atomic mass is 16.5. The van der Waals surface area contributed by atoms with Gasteiger partial charge in [0.1, 0.15) is 0 Å². The summed E-state index contributed by atoms with van der Waals surface area (Å²) in [6, 6.07) is 15.7. The summed E-state index contributed by atoms with van der Waals surface area (Å²) in [4.78, 5) is 29.1. The van der Waals surface area contributed by atoms with E-state index in [1.54, 1.807) is 48.5 Å². The van der Waals surface area contributed by atoms with Crippen LogP contribution in [0.25, 0.3) is 0 Å². The number of benzene rings is 2. The Morgan fingerprint density at radius 1 is 1.06 bits per heavy atom. The van der Waals surface area contributed by atoms with Crippen LogP contribution in [0.4, 0.5) is 5.69 Å². The standard InChI is InChI=1S/C24H27N5O3/c1-16-21(17(2)29(3)28-16)13-14-25-24(27-22(30)18-9-6-5-7-10-18)26-20-12-8-11-19(15-20)23(31)32-4/h5-12,15H,13-14H2,1-4H3,(H2,25,26,27,30). The van der Waals surface area contributed by atoms with Crippen molar-refractivity contribution in [2.24, 2.45) is 12.0 Å². The number of nitrogens with zero attached hydrogens (tertiary/aromatic N) is 3. The molecule has 1 aromatic heterocycles. The number of hydrogen-bond acceptors (Lipinski definition) is 5. The highest BCUT2D eigenvalue weighted by molar-refractivity contribution is 6.10. The first kappa shape index (κ1) is 22.7. The SMILES string of the molecule is COC(=O)c1cccc(NC(=NCCc2c(C)nn(C)c2C)NC(=O)c2ccccc2)c1. The van der Waals surface area contributed by atoms with Gasteiger partial charge in [0.25, 0.3) is 5.91 Å². The molecule has 0 spiro atoms. The number of anilines is 1. The zero-order chi connectivity index (χ0) is 23.1. The molecular weight excluding hydrogens is 406 g/mol. The molecule has 0 bridgehead atoms. The van der Waals surface area contributed by atoms with E-state index < -0.39 is 5.97 Å². The van der Waals surface area contributed by atoms with Crippen molar-refractivity contribution in [2.75, 3.05) is 19.0 Å². The number of ether oxygens (including phenoxy) is 1. The Morgan fingerprint density at radius 2 is 1.78 bits per heavy atom. The number of carbonyl (C=O) groups excluding carboxylic acids is 2. The van der Waals surface area contributed by atoms with Crippen LogP contribution in [0.5, 0.6) is 0 Å². The molecule has 0 radical (unpaired) electrons. The van der Waals surface area contributed by atoms with Crippen molar-refractivity contribution in [3.05, 3.63) is 82.7 Å². The van der Waals surface area contributed by atoms with E-state index in [1.165, 1.54) is 7.11 Å². The summed E-state index contributed by atoms with van der Waals surface area (Å²) in [5, 5.41) is 10.4. The summed E-state index contributed by atoms with van der Waals surface area (Å²) in [5.74, 6) is -0.433. The fraction of sp³-hybridized carbons (Fsp3) is 0.250. The number of nitrogens with one attached hydrogen (secondary N) is 2. The lowest BCUT2D eigenvalue weighted by Gasteiger charge is -2.13. The van der Waals surface area contributed by atoms with Gasteiger partial charge in [0, 0.05) is 30.5 Å². The molecule has 166 valence electrons. The smallest absolute Gasteiger partial charge is 0.337 e. The number of carbonyl (C=O) groups is 2. The normalized spacial score (nSPS) is 11.2. The van der Waals surface area contributed by atoms with Gasteiger partial charge in [0.05, 0.1) is 18.4 Å². The Morgan fingerprint density at radius 3 is 2.44 bits per heavy atom. The number of hydrogen-bond donors (Lipinski definition) is 2. The average Bonchev–Trinajstić information content (AvgIpc) is 3.05. The molecule has 0 aliphatic rings. The molecular formula is C24H27N5O3. The number of aromatic nitrogens is 2. The van der Waals surface area contributed by atoms with E-state index in [4.69, 9.17) is 4.74 Å². The third-order valence-electron chi connectivity index (χ3n) is 5.10. The monoisotopic (exact) mass is 433 g/mol. The van der Waals surface area contributed by atoms with E-state index in [0.29, 0.717) is 35.7 Å². The summed E-state index contributed by atoms with van der Waals surface area (Å²) in [7, 11) is 3.24. The average molecular weight is 434 g/mol. The van der Waals surface area contributed by atoms with Crippen molar-refractivity contribution in [3.63, 3.8) is 0 Å². The predicted octanol–water partition coefficient (Wildman–Crippen LogP) is 3.26. The lowest BCUT2D eigenvalue weighted by atomic mass is 10.1. The lowest BCUT2D eigenvalue weighted by Crippen LogP contribution is -2.36. The molecule has 8 nitrogen and oxygen atoms in total. The molecule has 1 amide bonds. The summed E-state index contributed by atoms with van der Waals surface area (Å²) in [6.45, 7) is 4.44. The fourth-order valence-corrected chi connectivity index (χ4v) is 3.32. The van der Waals surface area contributed by atoms with Gasteiger partial charge in [-0.2, -0.15) is 5.10 Å². The molecule has 8 heteroatoms. The Labute approximate surface area is 187 Å². The highest BCUT2D eigenvalue weighted by Gasteiger charge is 2.12. The molecule has 1 heterocycles. The molecule has 2 N–H and O–H groups in total. The van der Waals surface area contributed by atoms with E-state index >= 15 is 0 Å². The maximum atomic E-state index is 12.7. The number of amides is 1. The Hall–Kier alpha value is -3.94. The van der Waals surface area contributed by atoms with Crippen LogP contribution in [0, 0.1) is 13.8 Å². The molecule has 3 rings (SSSR count). The number of methoxy groups -OCH3 is 1. The van der Waals surface area contributed by atoms with Gasteiger partial charge in [-0.15, -0.1) is 0 Å². The van der Waals surface area contributed by atoms with Crippen molar-refractivity contribution < 1.29 is 14.3 Å². The third kappa shape index (κ3) is 5.60. The second kappa shape index (κ2) is 10.4. The molecule has 0 saturated carbocycles. The van der Waals surface area contributed by atoms with Crippen LogP contribution in [-0.4, -0.2) is 41.3 Å². The Balaban J connectivity index is 1.81. The molecule has 2 aromatic carbocycles. The van der Waals surface area contributed by atoms with Crippen LogP contribution in [0.3, 0.4) is 0 Å². The zero-order valence-electron chi connectivity index (χ0n) is 18.7. The second-order valence-electron chi connectivity index (χ2n) is 7.27. The van der Waals surface area contributed by atoms with Crippen molar-refractivity contribution in [1.29, 1.82) is 0 Å². The van der Waals surface area contributed by atoms with Gasteiger partial charge in [-0.05, 0) is 56.2 Å². The molecule has 0 unspecified atom stereocenters. The van der Waals surface area contributed by atoms with E-state index in [9.17, 15) is 9.59 Å². The van der Waals surface area contributed by atoms with Gasteiger partial charge < -0.3 is 10.1 Å². The number of rotatable bonds is 6. The predicted molar refractivity (Wildman–Crippen MR) is 124 cm³/mol. The van der Waals surface area contributed by atoms with Crippen LogP contribution in [0.1, 0.15) is 37.7 Å². The van der Waals surface area contributed by atoms with Crippen molar-refractivity contribution in [3.8, 4) is 0 Å². The molecule has 0 aliphatic carbocycles. The molecule has 0 atom stereocenters. The first-order valence-corrected chi connectivity index (χ1v) is 10.2. The molecule has 32 heavy (non-hydrogen) atoms. The summed E-state index contributed by atoms with van der Waals surface area (Å²) >= 11 is 0. The number of aliphatic imine (C=N–C) groups is 1. The van der Waals surface area contributed by atoms with E-state index in [-0.39, 0.29) is 5.91 Å². The topological polar surface area (TPSA) is 97.6 Å². The van der Waals surface area contributed by atoms with E-state index in [1.807, 2.05) is 31.6 Å². The first-order valence-electron chi connectivity index (χ1n) is 10.2. The van der Waals surface area contributed by atoms with Gasteiger partial charge in [-0.1, -0.05) is 24.3 Å². The maximum absolute atomic E-state index is 12.7. The Bertz CT molecular complexity index is 1140. The molecule has 0 aliphatic heterocycles. The summed E-state index contributed by atoms with van der Waals surface area (Å²) < 4.78 is 6.63. The molecule has 0 saturated heterocycles. The van der Waals surface area contributed by atoms with Crippen molar-refractivity contribution >= 4 is 23.5 Å². The van der Waals surface area contributed by atoms with E-state index in [2.05, 4.69) is 20.7 Å². The van der Waals surface area contributed by atoms with Gasteiger partial charge in [-0.3, -0.25) is 19.8 Å². The first-order chi connectivity index (χ1) is 15.4. The quantitative estimate of drug-likeness (QED) is 0.353. The number of guanidine groups is 1. The summed E-state index contributed by atoms with van der Waals surface area (Å²) in [6.07, 6.45) is 0.681. The van der Waals surface area contributed by atoms with Gasteiger partial charge >= 0.3 is 5.97 Å². The summed E-state index contributed by atoms with van der Waals surface area (Å²) in [5.41, 5.74) is 4.71. The van der Waals surface area contributed by atoms with Crippen LogP contribution < -0.4 is 10.6 Å². The minimum Gasteiger partial charge on any atom is -0.465 e. The van der Waals surface area contributed by atoms with Crippen LogP contribution in [-0.2, 0) is 18.2 Å².